The number of hydrogen-bond acceptors (Lipinski definition) is 13. The van der Waals surface area contributed by atoms with Crippen molar-refractivity contribution in [3.05, 3.63) is 88.4 Å². The summed E-state index contributed by atoms with van der Waals surface area (Å²) in [5.41, 5.74) is 0.949. The first-order chi connectivity index (χ1) is 29.8. The van der Waals surface area contributed by atoms with Crippen molar-refractivity contribution in [3.63, 3.8) is 0 Å². The van der Waals surface area contributed by atoms with Gasteiger partial charge in [0.05, 0.1) is 27.9 Å². The van der Waals surface area contributed by atoms with Crippen molar-refractivity contribution < 1.29 is 37.9 Å². The predicted octanol–water partition coefficient (Wildman–Crippen LogP) is 8.63. The number of nitro groups is 1. The zero-order valence-corrected chi connectivity index (χ0v) is 35.3. The minimum Gasteiger partial charge on any atom is -0.461 e. The van der Waals surface area contributed by atoms with Gasteiger partial charge >= 0.3 is 18.3 Å². The number of carbonyl (C=O) groups is 2. The van der Waals surface area contributed by atoms with Crippen LogP contribution in [0.5, 0.6) is 11.8 Å². The van der Waals surface area contributed by atoms with Crippen LogP contribution < -0.4 is 14.4 Å². The zero-order valence-electron chi connectivity index (χ0n) is 35.3. The van der Waals surface area contributed by atoms with Gasteiger partial charge in [0, 0.05) is 43.0 Å². The summed E-state index contributed by atoms with van der Waals surface area (Å²) < 4.78 is 40.5. The predicted molar refractivity (Wildman–Crippen MR) is 229 cm³/mol. The molecule has 2 aromatic heterocycles. The SMILES string of the molecule is CCc1cccc2cccc(-c3ncc4c(N5CC6CCC(C5)N6C(=O)OC(C)(C)C)nc(OC[C@]56CCCN5[C@@H](COC(=O)Oc5ccc([N+](=O)[O-])cc5)CC6)nc4c3F)c12. The molecule has 4 saturated heterocycles. The molecule has 4 fully saturated rings. The largest absolute Gasteiger partial charge is 0.513 e. The fourth-order valence-corrected chi connectivity index (χ4v) is 10.0. The number of nitrogens with zero attached hydrogens (tertiary/aromatic N) is 7. The number of amides is 1. The van der Waals surface area contributed by atoms with E-state index in [1.54, 1.807) is 6.20 Å². The van der Waals surface area contributed by atoms with Crippen molar-refractivity contribution in [2.75, 3.05) is 37.7 Å². The monoisotopic (exact) mass is 847 g/mol. The van der Waals surface area contributed by atoms with Crippen LogP contribution in [0.4, 0.5) is 25.5 Å². The van der Waals surface area contributed by atoms with Crippen LogP contribution in [0, 0.1) is 15.9 Å². The lowest BCUT2D eigenvalue weighted by atomic mass is 9.95. The fourth-order valence-electron chi connectivity index (χ4n) is 10.0. The molecule has 15 nitrogen and oxygen atoms in total. The summed E-state index contributed by atoms with van der Waals surface area (Å²) in [6.45, 7) is 9.72. The average molecular weight is 848 g/mol. The lowest BCUT2D eigenvalue weighted by Crippen LogP contribution is -2.57. The standard InChI is InChI=1S/C46H50FN7O8/c1-5-28-9-6-10-29-11-7-12-35(37(28)29)39-38(47)40-36(23-48-39)41(51-24-31-13-14-32(25-51)53(31)43(55)62-45(2,3)4)50-42(49-40)60-27-46-20-8-22-52(46)33(19-21-46)26-59-44(56)61-34-17-15-30(16-18-34)54(57)58/h6-7,9-12,15-18,23,31-33H,5,8,13-14,19-22,24-27H2,1-4H3/t31?,32?,33-,46-/m1/s1. The van der Waals surface area contributed by atoms with Crippen LogP contribution in [-0.4, -0.2) is 104 Å². The summed E-state index contributed by atoms with van der Waals surface area (Å²) in [6, 6.07) is 16.9. The van der Waals surface area contributed by atoms with Crippen LogP contribution in [0.1, 0.15) is 71.8 Å². The van der Waals surface area contributed by atoms with E-state index in [0.717, 1.165) is 67.8 Å². The van der Waals surface area contributed by atoms with Gasteiger partial charge in [-0.05, 0) is 101 Å². The molecule has 16 heteroatoms. The molecule has 4 aliphatic rings. The molecule has 0 spiro atoms. The molecule has 62 heavy (non-hydrogen) atoms. The number of anilines is 1. The maximum Gasteiger partial charge on any atom is 0.513 e. The molecule has 324 valence electrons. The normalized spacial score (nSPS) is 22.2. The number of non-ortho nitro benzene ring substituents is 1. The zero-order chi connectivity index (χ0) is 43.3. The molecule has 0 aliphatic carbocycles. The number of pyridine rings is 1. The molecule has 1 amide bonds. The molecule has 2 unspecified atom stereocenters. The van der Waals surface area contributed by atoms with Crippen LogP contribution in [0.25, 0.3) is 32.9 Å². The third-order valence-corrected chi connectivity index (χ3v) is 12.8. The summed E-state index contributed by atoms with van der Waals surface area (Å²) in [5.74, 6) is 0.0791. The van der Waals surface area contributed by atoms with Gasteiger partial charge in [-0.25, -0.2) is 14.0 Å². The number of ether oxygens (including phenoxy) is 4. The second-order valence-electron chi connectivity index (χ2n) is 17.8. The summed E-state index contributed by atoms with van der Waals surface area (Å²) in [4.78, 5) is 57.3. The lowest BCUT2D eigenvalue weighted by Gasteiger charge is -2.42. The third kappa shape index (κ3) is 7.80. The molecular formula is C46H50FN7O8. The van der Waals surface area contributed by atoms with Crippen molar-refractivity contribution in [3.8, 4) is 23.0 Å². The number of carbonyl (C=O) groups excluding carboxylic acids is 2. The van der Waals surface area contributed by atoms with Gasteiger partial charge in [-0.2, -0.15) is 9.97 Å². The molecule has 0 N–H and O–H groups in total. The minimum absolute atomic E-state index is 0.0465. The van der Waals surface area contributed by atoms with Gasteiger partial charge in [-0.15, -0.1) is 0 Å². The van der Waals surface area contributed by atoms with E-state index in [9.17, 15) is 19.7 Å². The van der Waals surface area contributed by atoms with Gasteiger partial charge in [0.1, 0.15) is 41.6 Å². The molecule has 0 saturated carbocycles. The average Bonchev–Trinajstić information content (AvgIpc) is 3.90. The van der Waals surface area contributed by atoms with Crippen molar-refractivity contribution in [1.29, 1.82) is 0 Å². The fraction of sp³-hybridized carbons (Fsp3) is 0.457. The first kappa shape index (κ1) is 41.2. The first-order valence-electron chi connectivity index (χ1n) is 21.4. The van der Waals surface area contributed by atoms with E-state index in [2.05, 4.69) is 22.8 Å². The summed E-state index contributed by atoms with van der Waals surface area (Å²) in [7, 11) is 0. The number of hydrogen-bond donors (Lipinski definition) is 0. The van der Waals surface area contributed by atoms with Crippen molar-refractivity contribution in [1.82, 2.24) is 24.8 Å². The van der Waals surface area contributed by atoms with Gasteiger partial charge < -0.3 is 23.8 Å². The molecule has 5 aromatic rings. The number of benzene rings is 3. The molecule has 2 bridgehead atoms. The van der Waals surface area contributed by atoms with Crippen molar-refractivity contribution in [2.24, 2.45) is 0 Å². The molecule has 4 aliphatic heterocycles. The molecule has 0 radical (unpaired) electrons. The summed E-state index contributed by atoms with van der Waals surface area (Å²) in [5, 5.41) is 13.4. The van der Waals surface area contributed by atoms with Gasteiger partial charge in [0.15, 0.2) is 5.82 Å². The lowest BCUT2D eigenvalue weighted by molar-refractivity contribution is -0.384. The number of nitro benzene ring substituents is 1. The van der Waals surface area contributed by atoms with E-state index in [1.807, 2.05) is 56.0 Å². The second kappa shape index (κ2) is 16.3. The van der Waals surface area contributed by atoms with E-state index >= 15 is 4.39 Å². The maximum atomic E-state index is 17.3. The Balaban J connectivity index is 0.997. The van der Waals surface area contributed by atoms with E-state index in [1.165, 1.54) is 24.3 Å². The molecule has 6 heterocycles. The third-order valence-electron chi connectivity index (χ3n) is 12.8. The van der Waals surface area contributed by atoms with Gasteiger partial charge in [-0.1, -0.05) is 43.3 Å². The number of aromatic nitrogens is 3. The van der Waals surface area contributed by atoms with Crippen LogP contribution in [0.2, 0.25) is 0 Å². The Hall–Kier alpha value is -6.16. The van der Waals surface area contributed by atoms with Crippen molar-refractivity contribution in [2.45, 2.75) is 102 Å². The number of aryl methyl sites for hydroxylation is 1. The Morgan fingerprint density at radius 3 is 2.44 bits per heavy atom. The highest BCUT2D eigenvalue weighted by atomic mass is 19.1. The Labute approximate surface area is 358 Å². The smallest absolute Gasteiger partial charge is 0.461 e. The van der Waals surface area contributed by atoms with Gasteiger partial charge in [0.2, 0.25) is 0 Å². The molecular weight excluding hydrogens is 798 g/mol. The maximum absolute atomic E-state index is 17.3. The molecule has 3 aromatic carbocycles. The summed E-state index contributed by atoms with van der Waals surface area (Å²) >= 11 is 0. The Morgan fingerprint density at radius 2 is 1.73 bits per heavy atom. The highest BCUT2D eigenvalue weighted by Gasteiger charge is 2.50. The number of rotatable bonds is 10. The van der Waals surface area contributed by atoms with E-state index in [4.69, 9.17) is 33.9 Å². The number of halogens is 1. The van der Waals surface area contributed by atoms with Crippen LogP contribution in [-0.2, 0) is 15.9 Å². The highest BCUT2D eigenvalue weighted by molar-refractivity contribution is 6.00. The highest BCUT2D eigenvalue weighted by Crippen LogP contribution is 2.44. The Morgan fingerprint density at radius 1 is 0.984 bits per heavy atom. The number of fused-ring (bicyclic) bond motifs is 5. The minimum atomic E-state index is -0.894. The van der Waals surface area contributed by atoms with Crippen LogP contribution >= 0.6 is 0 Å². The van der Waals surface area contributed by atoms with Gasteiger partial charge in [0.25, 0.3) is 5.69 Å². The van der Waals surface area contributed by atoms with E-state index < -0.39 is 22.5 Å². The van der Waals surface area contributed by atoms with Crippen LogP contribution in [0.3, 0.4) is 0 Å². The van der Waals surface area contributed by atoms with E-state index in [-0.39, 0.29) is 71.6 Å². The molecule has 4 atom stereocenters. The van der Waals surface area contributed by atoms with Crippen LogP contribution in [0.15, 0.2) is 66.9 Å². The van der Waals surface area contributed by atoms with Crippen molar-refractivity contribution >= 4 is 45.4 Å². The summed E-state index contributed by atoms with van der Waals surface area (Å²) in [6.07, 6.45) is 6.10. The van der Waals surface area contributed by atoms with Gasteiger partial charge in [-0.3, -0.25) is 24.9 Å². The van der Waals surface area contributed by atoms with E-state index in [0.29, 0.717) is 29.9 Å². The first-order valence-corrected chi connectivity index (χ1v) is 21.4. The molecule has 9 rings (SSSR count). The Kier molecular flexibility index (Phi) is 10.8. The number of piperazine rings is 1. The second-order valence-corrected chi connectivity index (χ2v) is 17.8. The topological polar surface area (TPSA) is 163 Å². The quantitative estimate of drug-likeness (QED) is 0.0569. The Bertz CT molecular complexity index is 2530.